The van der Waals surface area contributed by atoms with Crippen LogP contribution in [-0.4, -0.2) is 43.1 Å². The van der Waals surface area contributed by atoms with Crippen LogP contribution in [0.3, 0.4) is 0 Å². The van der Waals surface area contributed by atoms with Crippen LogP contribution in [0.2, 0.25) is 0 Å². The van der Waals surface area contributed by atoms with Crippen LogP contribution in [0, 0.1) is 5.92 Å². The number of aliphatic hydroxyl groups excluding tert-OH is 1. The first-order valence-electron chi connectivity index (χ1n) is 12.4. The van der Waals surface area contributed by atoms with Crippen molar-refractivity contribution in [2.75, 3.05) is 11.1 Å². The van der Waals surface area contributed by atoms with Gasteiger partial charge in [0.05, 0.1) is 24.5 Å². The average molecular weight is 532 g/mol. The molecule has 38 heavy (non-hydrogen) atoms. The molecule has 196 valence electrons. The van der Waals surface area contributed by atoms with Crippen molar-refractivity contribution < 1.29 is 19.4 Å². The highest BCUT2D eigenvalue weighted by atomic mass is 32.2. The highest BCUT2D eigenvalue weighted by Crippen LogP contribution is 2.43. The standard InChI is InChI=1S/C28H29N5O4S/c1-18-25(17-38-28-30-31-32-33(28)24-9-4-3-5-10-24)36-27(22-7-6-8-23(15-22)29-19(2)35)37-26(18)21-13-11-20(16-34)12-14-21/h3-15,18,25-27,34H,16-17H2,1-2H3,(H,29,35)/t18-,25+,26+,27+/m1/s1. The molecule has 1 aromatic heterocycles. The number of tetrazole rings is 1. The van der Waals surface area contributed by atoms with Crippen LogP contribution in [0.1, 0.15) is 42.9 Å². The Morgan fingerprint density at radius 3 is 2.55 bits per heavy atom. The van der Waals surface area contributed by atoms with Crippen molar-refractivity contribution in [2.45, 2.75) is 44.1 Å². The summed E-state index contributed by atoms with van der Waals surface area (Å²) >= 11 is 1.53. The number of amides is 1. The number of aliphatic hydroxyl groups is 1. The first kappa shape index (κ1) is 26.1. The van der Waals surface area contributed by atoms with E-state index >= 15 is 0 Å². The zero-order valence-corrected chi connectivity index (χ0v) is 21.9. The fraction of sp³-hybridized carbons (Fsp3) is 0.286. The van der Waals surface area contributed by atoms with Gasteiger partial charge in [-0.2, -0.15) is 4.68 Å². The Labute approximate surface area is 225 Å². The van der Waals surface area contributed by atoms with Gasteiger partial charge in [0.2, 0.25) is 11.1 Å². The topological polar surface area (TPSA) is 111 Å². The second kappa shape index (κ2) is 11.9. The third kappa shape index (κ3) is 5.94. The molecule has 3 aromatic carbocycles. The van der Waals surface area contributed by atoms with E-state index < -0.39 is 6.29 Å². The molecule has 1 aliphatic rings. The number of carbonyl (C=O) groups is 1. The van der Waals surface area contributed by atoms with Crippen molar-refractivity contribution in [2.24, 2.45) is 5.92 Å². The second-order valence-corrected chi connectivity index (χ2v) is 10.1. The normalized spacial score (nSPS) is 21.2. The summed E-state index contributed by atoms with van der Waals surface area (Å²) in [5.74, 6) is 0.469. The van der Waals surface area contributed by atoms with E-state index in [4.69, 9.17) is 9.47 Å². The monoisotopic (exact) mass is 531 g/mol. The molecule has 4 aromatic rings. The molecule has 9 nitrogen and oxygen atoms in total. The summed E-state index contributed by atoms with van der Waals surface area (Å²) in [6.45, 7) is 3.57. The highest BCUT2D eigenvalue weighted by Gasteiger charge is 2.38. The van der Waals surface area contributed by atoms with Crippen LogP contribution in [0.5, 0.6) is 0 Å². The fourth-order valence-corrected chi connectivity index (χ4v) is 5.49. The van der Waals surface area contributed by atoms with Crippen molar-refractivity contribution in [1.82, 2.24) is 20.2 Å². The number of nitrogens with one attached hydrogen (secondary N) is 1. The van der Waals surface area contributed by atoms with E-state index in [0.29, 0.717) is 16.6 Å². The summed E-state index contributed by atoms with van der Waals surface area (Å²) in [7, 11) is 0. The molecule has 1 amide bonds. The molecule has 0 saturated carbocycles. The van der Waals surface area contributed by atoms with Crippen molar-refractivity contribution in [1.29, 1.82) is 0 Å². The summed E-state index contributed by atoms with van der Waals surface area (Å²) < 4.78 is 14.7. The predicted octanol–water partition coefficient (Wildman–Crippen LogP) is 4.70. The largest absolute Gasteiger partial charge is 0.392 e. The van der Waals surface area contributed by atoms with Gasteiger partial charge in [0, 0.05) is 29.8 Å². The van der Waals surface area contributed by atoms with Crippen molar-refractivity contribution in [3.8, 4) is 5.69 Å². The van der Waals surface area contributed by atoms with E-state index in [0.717, 1.165) is 22.4 Å². The predicted molar refractivity (Wildman–Crippen MR) is 144 cm³/mol. The number of hydrogen-bond donors (Lipinski definition) is 2. The lowest BCUT2D eigenvalue weighted by Crippen LogP contribution is -2.38. The summed E-state index contributed by atoms with van der Waals surface area (Å²) in [5.41, 5.74) is 4.22. The molecule has 0 unspecified atom stereocenters. The first-order valence-corrected chi connectivity index (χ1v) is 13.3. The molecule has 0 bridgehead atoms. The van der Waals surface area contributed by atoms with Gasteiger partial charge in [0.15, 0.2) is 6.29 Å². The fourth-order valence-electron chi connectivity index (χ4n) is 4.43. The molecule has 2 N–H and O–H groups in total. The summed E-state index contributed by atoms with van der Waals surface area (Å²) in [6.07, 6.45) is -1.08. The van der Waals surface area contributed by atoms with E-state index in [9.17, 15) is 9.90 Å². The Kier molecular flexibility index (Phi) is 8.14. The Balaban J connectivity index is 1.41. The lowest BCUT2D eigenvalue weighted by Gasteiger charge is -2.41. The van der Waals surface area contributed by atoms with Crippen LogP contribution in [-0.2, 0) is 20.9 Å². The molecule has 1 aliphatic heterocycles. The zero-order chi connectivity index (χ0) is 26.5. The van der Waals surface area contributed by atoms with Gasteiger partial charge < -0.3 is 19.9 Å². The van der Waals surface area contributed by atoms with Gasteiger partial charge in [0.25, 0.3) is 0 Å². The summed E-state index contributed by atoms with van der Waals surface area (Å²) in [6, 6.07) is 25.0. The van der Waals surface area contributed by atoms with Gasteiger partial charge in [0.1, 0.15) is 0 Å². The summed E-state index contributed by atoms with van der Waals surface area (Å²) in [4.78, 5) is 11.6. The molecular weight excluding hydrogens is 502 g/mol. The average Bonchev–Trinajstić information content (AvgIpc) is 3.41. The number of aromatic nitrogens is 4. The molecule has 5 rings (SSSR count). The third-order valence-electron chi connectivity index (χ3n) is 6.42. The Hall–Kier alpha value is -3.57. The molecule has 0 spiro atoms. The number of anilines is 1. The van der Waals surface area contributed by atoms with Crippen molar-refractivity contribution in [3.63, 3.8) is 0 Å². The number of ether oxygens (including phenoxy) is 2. The van der Waals surface area contributed by atoms with Gasteiger partial charge in [-0.1, -0.05) is 73.3 Å². The lowest BCUT2D eigenvalue weighted by molar-refractivity contribution is -0.268. The SMILES string of the molecule is CC(=O)Nc1cccc([C@H]2O[C@@H](CSc3nnnn3-c3ccccc3)[C@@H](C)[C@@H](c3ccc(CO)cc3)O2)c1. The number of rotatable bonds is 8. The minimum absolute atomic E-state index is 0.0123. The van der Waals surface area contributed by atoms with E-state index in [1.165, 1.54) is 18.7 Å². The Bertz CT molecular complexity index is 1370. The first-order chi connectivity index (χ1) is 18.5. The van der Waals surface area contributed by atoms with Crippen LogP contribution in [0.15, 0.2) is 84.0 Å². The van der Waals surface area contributed by atoms with Crippen LogP contribution >= 0.6 is 11.8 Å². The molecule has 1 saturated heterocycles. The van der Waals surface area contributed by atoms with Gasteiger partial charge in [-0.25, -0.2) is 0 Å². The van der Waals surface area contributed by atoms with E-state index in [1.807, 2.05) is 78.9 Å². The lowest BCUT2D eigenvalue weighted by atomic mass is 9.91. The van der Waals surface area contributed by atoms with Crippen LogP contribution in [0.25, 0.3) is 5.69 Å². The smallest absolute Gasteiger partial charge is 0.221 e. The quantitative estimate of drug-likeness (QED) is 0.315. The molecule has 4 atom stereocenters. The van der Waals surface area contributed by atoms with Crippen LogP contribution < -0.4 is 5.32 Å². The van der Waals surface area contributed by atoms with E-state index in [-0.39, 0.29) is 30.6 Å². The molecule has 0 aliphatic carbocycles. The third-order valence-corrected chi connectivity index (χ3v) is 7.43. The number of carbonyl (C=O) groups excluding carboxylic acids is 1. The maximum Gasteiger partial charge on any atom is 0.221 e. The van der Waals surface area contributed by atoms with Gasteiger partial charge in [-0.05, 0) is 45.8 Å². The molecule has 0 radical (unpaired) electrons. The Morgan fingerprint density at radius 2 is 1.82 bits per heavy atom. The van der Waals surface area contributed by atoms with Gasteiger partial charge >= 0.3 is 0 Å². The number of hydrogen-bond acceptors (Lipinski definition) is 8. The Morgan fingerprint density at radius 1 is 1.03 bits per heavy atom. The number of benzene rings is 3. The molecular formula is C28H29N5O4S. The number of para-hydroxylation sites is 1. The number of thioether (sulfide) groups is 1. The van der Waals surface area contributed by atoms with Gasteiger partial charge in [-0.15, -0.1) is 5.10 Å². The summed E-state index contributed by atoms with van der Waals surface area (Å²) in [5, 5.41) is 25.2. The maximum atomic E-state index is 11.6. The minimum atomic E-state index is -0.641. The van der Waals surface area contributed by atoms with Crippen molar-refractivity contribution >= 4 is 23.4 Å². The molecule has 2 heterocycles. The zero-order valence-electron chi connectivity index (χ0n) is 21.1. The minimum Gasteiger partial charge on any atom is -0.392 e. The van der Waals surface area contributed by atoms with E-state index in [2.05, 4.69) is 27.8 Å². The van der Waals surface area contributed by atoms with Gasteiger partial charge in [-0.3, -0.25) is 4.79 Å². The number of nitrogens with zero attached hydrogens (tertiary/aromatic N) is 4. The van der Waals surface area contributed by atoms with Crippen molar-refractivity contribution in [3.05, 3.63) is 95.6 Å². The van der Waals surface area contributed by atoms with Crippen LogP contribution in [0.4, 0.5) is 5.69 Å². The maximum absolute atomic E-state index is 11.6. The second-order valence-electron chi connectivity index (χ2n) is 9.15. The highest BCUT2D eigenvalue weighted by molar-refractivity contribution is 7.99. The van der Waals surface area contributed by atoms with E-state index in [1.54, 1.807) is 4.68 Å². The molecule has 10 heteroatoms. The molecule has 1 fully saturated rings.